The molecule has 0 aliphatic rings. The van der Waals surface area contributed by atoms with Crippen LogP contribution in [-0.2, 0) is 9.47 Å². The standard InChI is InChI=1S/C13H21N3O4S/c1-5-7(6-19-3)16-12-8(11(17)15-2)9(14)10(21-12)13(18)20-4/h7,16H,5-6,14H2,1-4H3,(H,15,17). The molecule has 0 aliphatic heterocycles. The number of rotatable bonds is 7. The molecular weight excluding hydrogens is 294 g/mol. The first-order valence-electron chi connectivity index (χ1n) is 6.48. The second-order valence-corrected chi connectivity index (χ2v) is 5.35. The summed E-state index contributed by atoms with van der Waals surface area (Å²) in [6.07, 6.45) is 0.798. The minimum absolute atomic E-state index is 0.0157. The maximum atomic E-state index is 12.0. The lowest BCUT2D eigenvalue weighted by Gasteiger charge is -2.17. The Morgan fingerprint density at radius 3 is 2.52 bits per heavy atom. The molecule has 1 atom stereocenters. The van der Waals surface area contributed by atoms with Crippen LogP contribution in [0, 0.1) is 0 Å². The molecule has 0 fully saturated rings. The molecule has 7 nitrogen and oxygen atoms in total. The van der Waals surface area contributed by atoms with E-state index in [0.717, 1.165) is 17.8 Å². The Balaban J connectivity index is 3.22. The van der Waals surface area contributed by atoms with Crippen molar-refractivity contribution in [2.75, 3.05) is 38.9 Å². The Morgan fingerprint density at radius 1 is 1.38 bits per heavy atom. The highest BCUT2D eigenvalue weighted by Crippen LogP contribution is 2.36. The summed E-state index contributed by atoms with van der Waals surface area (Å²) < 4.78 is 9.80. The lowest BCUT2D eigenvalue weighted by Crippen LogP contribution is -2.26. The van der Waals surface area contributed by atoms with Crippen LogP contribution in [0.3, 0.4) is 0 Å². The van der Waals surface area contributed by atoms with E-state index in [2.05, 4.69) is 15.4 Å². The highest BCUT2D eigenvalue weighted by Gasteiger charge is 2.26. The van der Waals surface area contributed by atoms with Gasteiger partial charge in [-0.05, 0) is 6.42 Å². The summed E-state index contributed by atoms with van der Waals surface area (Å²) in [5.41, 5.74) is 6.31. The quantitative estimate of drug-likeness (QED) is 0.656. The monoisotopic (exact) mass is 315 g/mol. The van der Waals surface area contributed by atoms with Gasteiger partial charge >= 0.3 is 5.97 Å². The van der Waals surface area contributed by atoms with E-state index < -0.39 is 5.97 Å². The molecule has 1 heterocycles. The van der Waals surface area contributed by atoms with Gasteiger partial charge in [-0.25, -0.2) is 4.79 Å². The van der Waals surface area contributed by atoms with Crippen LogP contribution in [0.5, 0.6) is 0 Å². The Kier molecular flexibility index (Phi) is 6.44. The summed E-state index contributed by atoms with van der Waals surface area (Å²) in [4.78, 5) is 23.9. The average Bonchev–Trinajstić information content (AvgIpc) is 2.81. The smallest absolute Gasteiger partial charge is 0.350 e. The predicted molar refractivity (Wildman–Crippen MR) is 83.0 cm³/mol. The van der Waals surface area contributed by atoms with Crippen LogP contribution in [0.1, 0.15) is 33.4 Å². The molecule has 0 spiro atoms. The third kappa shape index (κ3) is 3.85. The number of carbonyl (C=O) groups excluding carboxylic acids is 2. The molecular formula is C13H21N3O4S. The zero-order valence-corrected chi connectivity index (χ0v) is 13.4. The Hall–Kier alpha value is -1.80. The maximum absolute atomic E-state index is 12.0. The van der Waals surface area contributed by atoms with Crippen LogP contribution < -0.4 is 16.4 Å². The Bertz CT molecular complexity index is 516. The normalized spacial score (nSPS) is 11.8. The van der Waals surface area contributed by atoms with E-state index in [-0.39, 0.29) is 28.1 Å². The molecule has 0 bridgehead atoms. The fourth-order valence-corrected chi connectivity index (χ4v) is 2.90. The van der Waals surface area contributed by atoms with Gasteiger partial charge in [0.15, 0.2) is 0 Å². The second kappa shape index (κ2) is 7.84. The number of hydrogen-bond acceptors (Lipinski definition) is 7. The van der Waals surface area contributed by atoms with Crippen molar-refractivity contribution < 1.29 is 19.1 Å². The van der Waals surface area contributed by atoms with Gasteiger partial charge in [-0.2, -0.15) is 0 Å². The Morgan fingerprint density at radius 2 is 2.05 bits per heavy atom. The number of amides is 1. The van der Waals surface area contributed by atoms with Gasteiger partial charge < -0.3 is 25.8 Å². The predicted octanol–water partition coefficient (Wildman–Crippen LogP) is 1.31. The zero-order valence-electron chi connectivity index (χ0n) is 12.6. The van der Waals surface area contributed by atoms with Crippen LogP contribution in [0.15, 0.2) is 0 Å². The minimum Gasteiger partial charge on any atom is -0.465 e. The molecule has 8 heteroatoms. The number of nitrogens with two attached hydrogens (primary N) is 1. The number of carbonyl (C=O) groups is 2. The van der Waals surface area contributed by atoms with E-state index in [4.69, 9.17) is 10.5 Å². The van der Waals surface area contributed by atoms with Gasteiger partial charge in [0.25, 0.3) is 5.91 Å². The summed E-state index contributed by atoms with van der Waals surface area (Å²) in [6, 6.07) is 0.0157. The van der Waals surface area contributed by atoms with Crippen LogP contribution in [-0.4, -0.2) is 45.8 Å². The molecule has 118 valence electrons. The lowest BCUT2D eigenvalue weighted by atomic mass is 10.2. The van der Waals surface area contributed by atoms with E-state index >= 15 is 0 Å². The van der Waals surface area contributed by atoms with Crippen LogP contribution in [0.2, 0.25) is 0 Å². The topological polar surface area (TPSA) is 103 Å². The van der Waals surface area contributed by atoms with Crippen molar-refractivity contribution in [3.05, 3.63) is 10.4 Å². The van der Waals surface area contributed by atoms with Crippen LogP contribution >= 0.6 is 11.3 Å². The molecule has 1 aromatic rings. The van der Waals surface area contributed by atoms with Crippen LogP contribution in [0.4, 0.5) is 10.7 Å². The molecule has 0 aliphatic carbocycles. The van der Waals surface area contributed by atoms with Crippen molar-refractivity contribution in [3.8, 4) is 0 Å². The zero-order chi connectivity index (χ0) is 16.0. The summed E-state index contributed by atoms with van der Waals surface area (Å²) in [5, 5.41) is 6.26. The first-order valence-corrected chi connectivity index (χ1v) is 7.29. The molecule has 4 N–H and O–H groups in total. The molecule has 0 saturated carbocycles. The highest BCUT2D eigenvalue weighted by molar-refractivity contribution is 7.19. The molecule has 1 amide bonds. The summed E-state index contributed by atoms with van der Waals surface area (Å²) >= 11 is 1.11. The van der Waals surface area contributed by atoms with Gasteiger partial charge in [-0.1, -0.05) is 6.92 Å². The molecule has 1 aromatic heterocycles. The number of nitrogens with one attached hydrogen (secondary N) is 2. The first kappa shape index (κ1) is 17.3. The summed E-state index contributed by atoms with van der Waals surface area (Å²) in [7, 11) is 4.38. The largest absolute Gasteiger partial charge is 0.465 e. The van der Waals surface area contributed by atoms with Crippen LogP contribution in [0.25, 0.3) is 0 Å². The van der Waals surface area contributed by atoms with E-state index in [1.54, 1.807) is 7.11 Å². The van der Waals surface area contributed by atoms with Crippen molar-refractivity contribution in [1.82, 2.24) is 5.32 Å². The van der Waals surface area contributed by atoms with E-state index in [0.29, 0.717) is 11.6 Å². The Labute approximate surface area is 127 Å². The summed E-state index contributed by atoms with van der Waals surface area (Å²) in [5.74, 6) is -0.913. The number of nitrogen functional groups attached to an aromatic ring is 1. The first-order chi connectivity index (χ1) is 9.99. The summed E-state index contributed by atoms with van der Waals surface area (Å²) in [6.45, 7) is 2.48. The fourth-order valence-electron chi connectivity index (χ4n) is 1.79. The van der Waals surface area contributed by atoms with Gasteiger partial charge in [0.2, 0.25) is 0 Å². The van der Waals surface area contributed by atoms with Gasteiger partial charge in [-0.3, -0.25) is 4.79 Å². The molecule has 1 rings (SSSR count). The lowest BCUT2D eigenvalue weighted by molar-refractivity contribution is 0.0607. The number of esters is 1. The van der Waals surface area contributed by atoms with Crippen molar-refractivity contribution >= 4 is 33.9 Å². The van der Waals surface area contributed by atoms with Gasteiger partial charge in [0, 0.05) is 20.2 Å². The number of anilines is 2. The van der Waals surface area contributed by atoms with Crippen molar-refractivity contribution in [2.24, 2.45) is 0 Å². The van der Waals surface area contributed by atoms with Crippen molar-refractivity contribution in [3.63, 3.8) is 0 Å². The molecule has 1 unspecified atom stereocenters. The van der Waals surface area contributed by atoms with Crippen molar-refractivity contribution in [2.45, 2.75) is 19.4 Å². The minimum atomic E-state index is -0.560. The van der Waals surface area contributed by atoms with E-state index in [1.807, 2.05) is 6.92 Å². The van der Waals surface area contributed by atoms with Gasteiger partial charge in [0.05, 0.1) is 25.0 Å². The number of ether oxygens (including phenoxy) is 2. The average molecular weight is 315 g/mol. The SMILES string of the molecule is CCC(COC)Nc1sc(C(=O)OC)c(N)c1C(=O)NC. The second-order valence-electron chi connectivity index (χ2n) is 4.32. The third-order valence-electron chi connectivity index (χ3n) is 2.97. The number of thiophene rings is 1. The molecule has 0 aromatic carbocycles. The number of methoxy groups -OCH3 is 2. The molecule has 21 heavy (non-hydrogen) atoms. The third-order valence-corrected chi connectivity index (χ3v) is 4.08. The highest BCUT2D eigenvalue weighted by atomic mass is 32.1. The van der Waals surface area contributed by atoms with Gasteiger partial charge in [-0.15, -0.1) is 11.3 Å². The van der Waals surface area contributed by atoms with E-state index in [9.17, 15) is 9.59 Å². The molecule has 0 saturated heterocycles. The van der Waals surface area contributed by atoms with E-state index in [1.165, 1.54) is 14.2 Å². The van der Waals surface area contributed by atoms with Crippen molar-refractivity contribution in [1.29, 1.82) is 0 Å². The molecule has 0 radical (unpaired) electrons. The van der Waals surface area contributed by atoms with Gasteiger partial charge in [0.1, 0.15) is 9.88 Å². The maximum Gasteiger partial charge on any atom is 0.350 e. The fraction of sp³-hybridized carbons (Fsp3) is 0.538. The number of hydrogen-bond donors (Lipinski definition) is 3.